The summed E-state index contributed by atoms with van der Waals surface area (Å²) in [7, 11) is 0. The molecule has 0 bridgehead atoms. The Kier molecular flexibility index (Phi) is 6.44. The summed E-state index contributed by atoms with van der Waals surface area (Å²) in [6, 6.07) is 0.335. The predicted molar refractivity (Wildman–Crippen MR) is 77.3 cm³/mol. The number of anilines is 2. The molecule has 0 aromatic carbocycles. The quantitative estimate of drug-likeness (QED) is 0.800. The van der Waals surface area contributed by atoms with Crippen molar-refractivity contribution in [3.05, 3.63) is 11.2 Å². The molecule has 0 spiro atoms. The van der Waals surface area contributed by atoms with E-state index in [1.54, 1.807) is 6.20 Å². The molecule has 1 aromatic heterocycles. The fraction of sp³-hybridized carbons (Fsp3) is 0.636. The van der Waals surface area contributed by atoms with E-state index in [1.165, 1.54) is 0 Å². The minimum Gasteiger partial charge on any atom is -0.365 e. The van der Waals surface area contributed by atoms with Crippen LogP contribution in [0.3, 0.4) is 0 Å². The molecule has 0 aliphatic rings. The molecule has 0 saturated carbocycles. The molecule has 4 nitrogen and oxygen atoms in total. The lowest BCUT2D eigenvalue weighted by Gasteiger charge is -2.15. The van der Waals surface area contributed by atoms with Crippen molar-refractivity contribution in [3.63, 3.8) is 0 Å². The lowest BCUT2D eigenvalue weighted by Crippen LogP contribution is -2.19. The second-order valence-electron chi connectivity index (χ2n) is 3.63. The largest absolute Gasteiger partial charge is 0.365 e. The van der Waals surface area contributed by atoms with E-state index in [0.29, 0.717) is 22.8 Å². The van der Waals surface area contributed by atoms with Crippen LogP contribution in [-0.4, -0.2) is 34.1 Å². The highest BCUT2D eigenvalue weighted by Crippen LogP contribution is 2.20. The molecule has 6 heteroatoms. The van der Waals surface area contributed by atoms with E-state index in [0.717, 1.165) is 18.1 Å². The molecule has 0 radical (unpaired) electrons. The lowest BCUT2D eigenvalue weighted by molar-refractivity contribution is 0.898. The summed E-state index contributed by atoms with van der Waals surface area (Å²) in [6.07, 6.45) is 1.62. The van der Waals surface area contributed by atoms with Crippen molar-refractivity contribution in [2.75, 3.05) is 28.7 Å². The Morgan fingerprint density at radius 1 is 1.47 bits per heavy atom. The number of nitrogens with zero attached hydrogens (tertiary/aromatic N) is 2. The van der Waals surface area contributed by atoms with Gasteiger partial charge in [-0.2, -0.15) is 16.7 Å². The van der Waals surface area contributed by atoms with Crippen molar-refractivity contribution in [2.45, 2.75) is 26.8 Å². The standard InChI is InChI=1S/C11H19ClN4S/c1-4-13-11-14-6-9(12)10(16-11)15-8(3)7-17-5-2/h6,8H,4-5,7H2,1-3H3,(H2,13,14,15,16). The van der Waals surface area contributed by atoms with Gasteiger partial charge in [-0.25, -0.2) is 4.98 Å². The summed E-state index contributed by atoms with van der Waals surface area (Å²) in [6.45, 7) is 7.07. The summed E-state index contributed by atoms with van der Waals surface area (Å²) >= 11 is 7.94. The first-order chi connectivity index (χ1) is 8.17. The summed E-state index contributed by atoms with van der Waals surface area (Å²) in [5, 5.41) is 6.92. The number of hydrogen-bond acceptors (Lipinski definition) is 5. The van der Waals surface area contributed by atoms with Crippen LogP contribution in [0.4, 0.5) is 11.8 Å². The highest BCUT2D eigenvalue weighted by atomic mass is 35.5. The zero-order valence-electron chi connectivity index (χ0n) is 10.5. The number of rotatable bonds is 7. The van der Waals surface area contributed by atoms with Gasteiger partial charge in [0.2, 0.25) is 5.95 Å². The average Bonchev–Trinajstić information content (AvgIpc) is 2.31. The Bertz CT molecular complexity index is 348. The Labute approximate surface area is 112 Å². The second-order valence-corrected chi connectivity index (χ2v) is 5.35. The monoisotopic (exact) mass is 274 g/mol. The van der Waals surface area contributed by atoms with E-state index in [1.807, 2.05) is 18.7 Å². The molecular formula is C11H19ClN4S. The van der Waals surface area contributed by atoms with Crippen LogP contribution in [0.5, 0.6) is 0 Å². The molecule has 0 aliphatic heterocycles. The van der Waals surface area contributed by atoms with Crippen molar-refractivity contribution in [1.82, 2.24) is 9.97 Å². The van der Waals surface area contributed by atoms with Crippen molar-refractivity contribution in [2.24, 2.45) is 0 Å². The first-order valence-corrected chi connectivity index (χ1v) is 7.31. The Morgan fingerprint density at radius 3 is 2.88 bits per heavy atom. The number of aromatic nitrogens is 2. The number of hydrogen-bond donors (Lipinski definition) is 2. The molecular weight excluding hydrogens is 256 g/mol. The number of halogens is 1. The van der Waals surface area contributed by atoms with Gasteiger partial charge in [0, 0.05) is 18.3 Å². The van der Waals surface area contributed by atoms with Crippen molar-refractivity contribution < 1.29 is 0 Å². The van der Waals surface area contributed by atoms with Gasteiger partial charge in [0.25, 0.3) is 0 Å². The molecule has 2 N–H and O–H groups in total. The van der Waals surface area contributed by atoms with Gasteiger partial charge in [-0.3, -0.25) is 0 Å². The van der Waals surface area contributed by atoms with Crippen LogP contribution in [0.2, 0.25) is 5.02 Å². The van der Waals surface area contributed by atoms with Crippen molar-refractivity contribution >= 4 is 35.1 Å². The van der Waals surface area contributed by atoms with Gasteiger partial charge in [-0.15, -0.1) is 0 Å². The van der Waals surface area contributed by atoms with E-state index in [4.69, 9.17) is 11.6 Å². The molecule has 0 amide bonds. The Hall–Kier alpha value is -0.680. The lowest BCUT2D eigenvalue weighted by atomic mass is 10.4. The molecule has 1 unspecified atom stereocenters. The zero-order valence-corrected chi connectivity index (χ0v) is 12.0. The molecule has 0 fully saturated rings. The fourth-order valence-corrected chi connectivity index (χ4v) is 2.10. The SMILES string of the molecule is CCNc1ncc(Cl)c(NC(C)CSCC)n1. The number of thioether (sulfide) groups is 1. The minimum atomic E-state index is 0.335. The first-order valence-electron chi connectivity index (χ1n) is 5.78. The van der Waals surface area contributed by atoms with Gasteiger partial charge in [-0.1, -0.05) is 18.5 Å². The van der Waals surface area contributed by atoms with E-state index >= 15 is 0 Å². The van der Waals surface area contributed by atoms with Gasteiger partial charge in [0.05, 0.1) is 6.20 Å². The summed E-state index contributed by atoms with van der Waals surface area (Å²) in [4.78, 5) is 8.43. The smallest absolute Gasteiger partial charge is 0.224 e. The summed E-state index contributed by atoms with van der Waals surface area (Å²) < 4.78 is 0. The first kappa shape index (κ1) is 14.4. The normalized spacial score (nSPS) is 12.2. The Balaban J connectivity index is 2.64. The molecule has 96 valence electrons. The van der Waals surface area contributed by atoms with Gasteiger partial charge >= 0.3 is 0 Å². The maximum absolute atomic E-state index is 6.05. The molecule has 1 rings (SSSR count). The molecule has 0 saturated heterocycles. The third-order valence-corrected chi connectivity index (χ3v) is 3.45. The average molecular weight is 275 g/mol. The third-order valence-electron chi connectivity index (χ3n) is 2.03. The van der Waals surface area contributed by atoms with Gasteiger partial charge in [0.1, 0.15) is 5.02 Å². The summed E-state index contributed by atoms with van der Waals surface area (Å²) in [5.74, 6) is 3.45. The molecule has 0 aliphatic carbocycles. The molecule has 17 heavy (non-hydrogen) atoms. The topological polar surface area (TPSA) is 49.8 Å². The van der Waals surface area contributed by atoms with Crippen LogP contribution in [-0.2, 0) is 0 Å². The van der Waals surface area contributed by atoms with E-state index < -0.39 is 0 Å². The maximum Gasteiger partial charge on any atom is 0.224 e. The van der Waals surface area contributed by atoms with E-state index in [9.17, 15) is 0 Å². The summed E-state index contributed by atoms with van der Waals surface area (Å²) in [5.41, 5.74) is 0. The maximum atomic E-state index is 6.05. The zero-order chi connectivity index (χ0) is 12.7. The van der Waals surface area contributed by atoms with Crippen LogP contribution in [0, 0.1) is 0 Å². The highest BCUT2D eigenvalue weighted by Gasteiger charge is 2.08. The minimum absolute atomic E-state index is 0.335. The van der Waals surface area contributed by atoms with Crippen LogP contribution >= 0.6 is 23.4 Å². The molecule has 1 atom stereocenters. The van der Waals surface area contributed by atoms with Gasteiger partial charge < -0.3 is 10.6 Å². The van der Waals surface area contributed by atoms with E-state index in [2.05, 4.69) is 34.4 Å². The number of nitrogens with one attached hydrogen (secondary N) is 2. The third kappa shape index (κ3) is 5.00. The van der Waals surface area contributed by atoms with Crippen molar-refractivity contribution in [1.29, 1.82) is 0 Å². The van der Waals surface area contributed by atoms with Gasteiger partial charge in [-0.05, 0) is 19.6 Å². The van der Waals surface area contributed by atoms with Crippen LogP contribution in [0.15, 0.2) is 6.20 Å². The molecule has 1 aromatic rings. The van der Waals surface area contributed by atoms with Crippen LogP contribution in [0.25, 0.3) is 0 Å². The second kappa shape index (κ2) is 7.61. The highest BCUT2D eigenvalue weighted by molar-refractivity contribution is 7.99. The Morgan fingerprint density at radius 2 is 2.24 bits per heavy atom. The van der Waals surface area contributed by atoms with Gasteiger partial charge in [0.15, 0.2) is 5.82 Å². The molecule has 1 heterocycles. The fourth-order valence-electron chi connectivity index (χ4n) is 1.28. The predicted octanol–water partition coefficient (Wildman–Crippen LogP) is 3.12. The van der Waals surface area contributed by atoms with E-state index in [-0.39, 0.29) is 0 Å². The van der Waals surface area contributed by atoms with Crippen molar-refractivity contribution in [3.8, 4) is 0 Å². The van der Waals surface area contributed by atoms with Crippen LogP contribution < -0.4 is 10.6 Å². The van der Waals surface area contributed by atoms with Crippen LogP contribution in [0.1, 0.15) is 20.8 Å².